The molecule has 3 rings (SSSR count). The molecule has 27 heavy (non-hydrogen) atoms. The molecule has 1 N–H and O–H groups in total. The molecular weight excluding hydrogens is 342 g/mol. The Morgan fingerprint density at radius 1 is 1.22 bits per heavy atom. The lowest BCUT2D eigenvalue weighted by Crippen LogP contribution is -2.59. The molecule has 1 atom stereocenters. The van der Waals surface area contributed by atoms with Crippen LogP contribution < -0.4 is 14.8 Å². The van der Waals surface area contributed by atoms with E-state index in [4.69, 9.17) is 9.47 Å². The van der Waals surface area contributed by atoms with Crippen LogP contribution in [0.1, 0.15) is 39.5 Å². The molecule has 6 nitrogen and oxygen atoms in total. The monoisotopic (exact) mass is 375 g/mol. The van der Waals surface area contributed by atoms with Gasteiger partial charge in [0.15, 0.2) is 11.5 Å². The number of ether oxygens (including phenoxy) is 2. The molecule has 1 aromatic rings. The molecule has 2 fully saturated rings. The van der Waals surface area contributed by atoms with Crippen LogP contribution in [0.25, 0.3) is 0 Å². The van der Waals surface area contributed by atoms with Gasteiger partial charge in [-0.25, -0.2) is 4.79 Å². The number of piperidine rings is 1. The van der Waals surface area contributed by atoms with Crippen molar-refractivity contribution in [1.82, 2.24) is 15.1 Å². The zero-order chi connectivity index (χ0) is 19.2. The maximum atomic E-state index is 12.3. The van der Waals surface area contributed by atoms with Crippen molar-refractivity contribution in [3.63, 3.8) is 0 Å². The highest BCUT2D eigenvalue weighted by molar-refractivity contribution is 5.75. The lowest BCUT2D eigenvalue weighted by Gasteiger charge is -2.40. The third-order valence-corrected chi connectivity index (χ3v) is 5.59. The van der Waals surface area contributed by atoms with Gasteiger partial charge in [0.05, 0.1) is 20.2 Å². The number of carbonyl (C=O) groups is 1. The molecule has 1 aromatic carbocycles. The number of benzene rings is 1. The molecule has 2 aliphatic rings. The van der Waals surface area contributed by atoms with Gasteiger partial charge >= 0.3 is 6.03 Å². The van der Waals surface area contributed by atoms with Crippen LogP contribution in [0.4, 0.5) is 4.79 Å². The van der Waals surface area contributed by atoms with Crippen LogP contribution in [-0.2, 0) is 0 Å². The standard InChI is InChI=1S/C21H33N3O3/c1-16(2)24-13-7-6-8-17(24)11-12-22-21(25)23-14-18(15-23)27-20-10-5-4-9-19(20)26-3/h4-5,9-10,16-18H,6-8,11-15H2,1-3H3,(H,22,25)/t17-/m0/s1. The molecule has 0 radical (unpaired) electrons. The van der Waals surface area contributed by atoms with Crippen molar-refractivity contribution in [2.45, 2.75) is 57.7 Å². The van der Waals surface area contributed by atoms with E-state index in [2.05, 4.69) is 24.1 Å². The van der Waals surface area contributed by atoms with E-state index in [1.54, 1.807) is 12.0 Å². The van der Waals surface area contributed by atoms with Crippen molar-refractivity contribution in [3.05, 3.63) is 24.3 Å². The first-order valence-electron chi connectivity index (χ1n) is 10.2. The number of nitrogens with one attached hydrogen (secondary N) is 1. The van der Waals surface area contributed by atoms with Gasteiger partial charge < -0.3 is 19.7 Å². The van der Waals surface area contributed by atoms with Gasteiger partial charge in [-0.1, -0.05) is 18.6 Å². The Labute approximate surface area is 162 Å². The number of amides is 2. The van der Waals surface area contributed by atoms with E-state index in [1.165, 1.54) is 25.8 Å². The summed E-state index contributed by atoms with van der Waals surface area (Å²) in [7, 11) is 1.63. The summed E-state index contributed by atoms with van der Waals surface area (Å²) in [6, 6.07) is 8.80. The quantitative estimate of drug-likeness (QED) is 0.796. The Balaban J connectivity index is 1.37. The van der Waals surface area contributed by atoms with Gasteiger partial charge in [0.25, 0.3) is 0 Å². The first-order valence-corrected chi connectivity index (χ1v) is 10.2. The summed E-state index contributed by atoms with van der Waals surface area (Å²) in [4.78, 5) is 16.7. The zero-order valence-electron chi connectivity index (χ0n) is 16.8. The van der Waals surface area contributed by atoms with Gasteiger partial charge in [-0.3, -0.25) is 4.90 Å². The molecule has 2 saturated heterocycles. The molecule has 0 aliphatic carbocycles. The van der Waals surface area contributed by atoms with Crippen molar-refractivity contribution in [3.8, 4) is 11.5 Å². The Kier molecular flexibility index (Phi) is 6.83. The number of urea groups is 1. The maximum absolute atomic E-state index is 12.3. The second-order valence-electron chi connectivity index (χ2n) is 7.80. The van der Waals surface area contributed by atoms with Crippen LogP contribution in [0.2, 0.25) is 0 Å². The van der Waals surface area contributed by atoms with Crippen molar-refractivity contribution < 1.29 is 14.3 Å². The summed E-state index contributed by atoms with van der Waals surface area (Å²) in [6.45, 7) is 7.68. The Bertz CT molecular complexity index is 616. The minimum absolute atomic E-state index is 0.0155. The van der Waals surface area contributed by atoms with E-state index in [0.717, 1.165) is 24.5 Å². The van der Waals surface area contributed by atoms with E-state index in [9.17, 15) is 4.79 Å². The summed E-state index contributed by atoms with van der Waals surface area (Å²) in [5.41, 5.74) is 0. The highest BCUT2D eigenvalue weighted by atomic mass is 16.5. The van der Waals surface area contributed by atoms with Gasteiger partial charge in [0.1, 0.15) is 6.10 Å². The number of hydrogen-bond donors (Lipinski definition) is 1. The Morgan fingerprint density at radius 3 is 2.67 bits per heavy atom. The van der Waals surface area contributed by atoms with Crippen molar-refractivity contribution >= 4 is 6.03 Å². The van der Waals surface area contributed by atoms with E-state index in [1.807, 2.05) is 24.3 Å². The smallest absolute Gasteiger partial charge is 0.317 e. The predicted octanol–water partition coefficient (Wildman–Crippen LogP) is 3.12. The summed E-state index contributed by atoms with van der Waals surface area (Å²) in [5.74, 6) is 1.46. The average molecular weight is 376 g/mol. The first-order chi connectivity index (χ1) is 13.1. The van der Waals surface area contributed by atoms with Crippen LogP contribution in [0.15, 0.2) is 24.3 Å². The molecule has 2 amide bonds. The average Bonchev–Trinajstić information content (AvgIpc) is 2.64. The topological polar surface area (TPSA) is 54.0 Å². The number of para-hydroxylation sites is 2. The molecular formula is C21H33N3O3. The third-order valence-electron chi connectivity index (χ3n) is 5.59. The highest BCUT2D eigenvalue weighted by Gasteiger charge is 2.33. The highest BCUT2D eigenvalue weighted by Crippen LogP contribution is 2.28. The number of hydrogen-bond acceptors (Lipinski definition) is 4. The number of methoxy groups -OCH3 is 1. The van der Waals surface area contributed by atoms with Crippen molar-refractivity contribution in [2.24, 2.45) is 0 Å². The molecule has 6 heteroatoms. The molecule has 0 aromatic heterocycles. The minimum Gasteiger partial charge on any atom is -0.493 e. The molecule has 0 bridgehead atoms. The van der Waals surface area contributed by atoms with Gasteiger partial charge in [0, 0.05) is 18.6 Å². The van der Waals surface area contributed by atoms with Crippen LogP contribution >= 0.6 is 0 Å². The van der Waals surface area contributed by atoms with E-state index < -0.39 is 0 Å². The van der Waals surface area contributed by atoms with Gasteiger partial charge in [0.2, 0.25) is 0 Å². The fraction of sp³-hybridized carbons (Fsp3) is 0.667. The molecule has 2 heterocycles. The van der Waals surface area contributed by atoms with E-state index in [-0.39, 0.29) is 12.1 Å². The second-order valence-corrected chi connectivity index (χ2v) is 7.80. The normalized spacial score (nSPS) is 21.0. The summed E-state index contributed by atoms with van der Waals surface area (Å²) in [5, 5.41) is 3.08. The van der Waals surface area contributed by atoms with Crippen LogP contribution in [0, 0.1) is 0 Å². The van der Waals surface area contributed by atoms with E-state index in [0.29, 0.717) is 25.2 Å². The Morgan fingerprint density at radius 2 is 1.96 bits per heavy atom. The molecule has 0 saturated carbocycles. The number of likely N-dealkylation sites (tertiary alicyclic amines) is 2. The van der Waals surface area contributed by atoms with Gasteiger partial charge in [-0.15, -0.1) is 0 Å². The maximum Gasteiger partial charge on any atom is 0.317 e. The molecule has 0 unspecified atom stereocenters. The van der Waals surface area contributed by atoms with Gasteiger partial charge in [-0.2, -0.15) is 0 Å². The fourth-order valence-corrected chi connectivity index (χ4v) is 4.04. The van der Waals surface area contributed by atoms with Crippen LogP contribution in [-0.4, -0.2) is 67.3 Å². The first kappa shape index (κ1) is 19.8. The van der Waals surface area contributed by atoms with Crippen LogP contribution in [0.3, 0.4) is 0 Å². The third kappa shape index (κ3) is 5.06. The van der Waals surface area contributed by atoms with Gasteiger partial charge in [-0.05, 0) is 51.8 Å². The summed E-state index contributed by atoms with van der Waals surface area (Å²) >= 11 is 0. The zero-order valence-corrected chi connectivity index (χ0v) is 16.8. The number of rotatable bonds is 7. The van der Waals surface area contributed by atoms with E-state index >= 15 is 0 Å². The van der Waals surface area contributed by atoms with Crippen molar-refractivity contribution in [2.75, 3.05) is 33.3 Å². The molecule has 150 valence electrons. The lowest BCUT2D eigenvalue weighted by molar-refractivity contribution is 0.0422. The summed E-state index contributed by atoms with van der Waals surface area (Å²) in [6.07, 6.45) is 4.89. The minimum atomic E-state index is 0.0155. The number of nitrogens with zero attached hydrogens (tertiary/aromatic N) is 2. The second kappa shape index (κ2) is 9.31. The summed E-state index contributed by atoms with van der Waals surface area (Å²) < 4.78 is 11.2. The number of carbonyl (C=O) groups excluding carboxylic acids is 1. The lowest BCUT2D eigenvalue weighted by atomic mass is 9.98. The predicted molar refractivity (Wildman–Crippen MR) is 106 cm³/mol. The molecule has 2 aliphatic heterocycles. The SMILES string of the molecule is COc1ccccc1OC1CN(C(=O)NCC[C@@H]2CCCCN2C(C)C)C1. The van der Waals surface area contributed by atoms with Crippen molar-refractivity contribution in [1.29, 1.82) is 0 Å². The largest absolute Gasteiger partial charge is 0.493 e. The fourth-order valence-electron chi connectivity index (χ4n) is 4.04. The molecule has 0 spiro atoms. The Hall–Kier alpha value is -1.95. The van der Waals surface area contributed by atoms with Crippen LogP contribution in [0.5, 0.6) is 11.5 Å².